The average molecular weight is 268 g/mol. The molecule has 5 nitrogen and oxygen atoms in total. The third kappa shape index (κ3) is 3.74. The highest BCUT2D eigenvalue weighted by Gasteiger charge is 2.20. The van der Waals surface area contributed by atoms with Crippen LogP contribution in [0.4, 0.5) is 5.13 Å². The lowest BCUT2D eigenvalue weighted by Crippen LogP contribution is -2.26. The molecule has 0 radical (unpaired) electrons. The lowest BCUT2D eigenvalue weighted by molar-refractivity contribution is -0.116. The van der Waals surface area contributed by atoms with E-state index in [1.54, 1.807) is 0 Å². The molecule has 1 N–H and O–H groups in total. The van der Waals surface area contributed by atoms with E-state index >= 15 is 0 Å². The summed E-state index contributed by atoms with van der Waals surface area (Å²) >= 11 is 1.52. The number of hydrogen-bond acceptors (Lipinski definition) is 5. The Labute approximate surface area is 112 Å². The number of carbonyl (C=O) groups excluding carboxylic acids is 1. The highest BCUT2D eigenvalue weighted by atomic mass is 32.1. The number of hydrogen-bond donors (Lipinski definition) is 1. The Morgan fingerprint density at radius 1 is 1.33 bits per heavy atom. The molecule has 6 heteroatoms. The molecule has 0 bridgehead atoms. The Hall–Kier alpha value is -1.01. The highest BCUT2D eigenvalue weighted by Crippen LogP contribution is 2.34. The Kier molecular flexibility index (Phi) is 4.66. The molecule has 0 atom stereocenters. The Morgan fingerprint density at radius 3 is 2.72 bits per heavy atom. The van der Waals surface area contributed by atoms with Gasteiger partial charge in [0.15, 0.2) is 0 Å². The van der Waals surface area contributed by atoms with Gasteiger partial charge < -0.3 is 4.90 Å². The molecule has 1 aromatic heterocycles. The summed E-state index contributed by atoms with van der Waals surface area (Å²) in [4.78, 5) is 13.4. The first-order valence-corrected chi connectivity index (χ1v) is 7.25. The van der Waals surface area contributed by atoms with Crippen LogP contribution in [-0.4, -0.2) is 41.6 Å². The van der Waals surface area contributed by atoms with Gasteiger partial charge in [-0.05, 0) is 26.9 Å². The lowest BCUT2D eigenvalue weighted by atomic mass is 9.90. The molecule has 0 spiro atoms. The topological polar surface area (TPSA) is 58.1 Å². The van der Waals surface area contributed by atoms with E-state index in [0.29, 0.717) is 17.6 Å². The zero-order valence-corrected chi connectivity index (χ0v) is 11.8. The van der Waals surface area contributed by atoms with Gasteiger partial charge in [0.2, 0.25) is 11.0 Å². The SMILES string of the molecule is CN(C)CC(=O)Nc1nnc(C2CCCCC2)s1. The summed E-state index contributed by atoms with van der Waals surface area (Å²) in [5.74, 6) is 0.516. The average Bonchev–Trinajstić information content (AvgIpc) is 2.77. The molecule has 100 valence electrons. The number of likely N-dealkylation sites (N-methyl/N-ethyl adjacent to an activating group) is 1. The van der Waals surface area contributed by atoms with Crippen LogP contribution in [0.2, 0.25) is 0 Å². The van der Waals surface area contributed by atoms with Crippen LogP contribution in [0.3, 0.4) is 0 Å². The number of carbonyl (C=O) groups is 1. The Balaban J connectivity index is 1.91. The minimum absolute atomic E-state index is 0.0358. The maximum Gasteiger partial charge on any atom is 0.240 e. The molecule has 1 aliphatic rings. The first-order chi connectivity index (χ1) is 8.65. The maximum atomic E-state index is 11.6. The number of anilines is 1. The molecule has 1 aromatic rings. The highest BCUT2D eigenvalue weighted by molar-refractivity contribution is 7.15. The van der Waals surface area contributed by atoms with Gasteiger partial charge in [0, 0.05) is 5.92 Å². The van der Waals surface area contributed by atoms with Crippen molar-refractivity contribution < 1.29 is 4.79 Å². The van der Waals surface area contributed by atoms with Crippen molar-refractivity contribution in [1.82, 2.24) is 15.1 Å². The molecule has 1 heterocycles. The molecular formula is C12H20N4OS. The molecule has 2 rings (SSSR count). The van der Waals surface area contributed by atoms with E-state index in [2.05, 4.69) is 15.5 Å². The largest absolute Gasteiger partial charge is 0.301 e. The van der Waals surface area contributed by atoms with Crippen LogP contribution < -0.4 is 5.32 Å². The quantitative estimate of drug-likeness (QED) is 0.908. The van der Waals surface area contributed by atoms with Crippen molar-refractivity contribution in [3.63, 3.8) is 0 Å². The number of nitrogens with one attached hydrogen (secondary N) is 1. The number of aromatic nitrogens is 2. The van der Waals surface area contributed by atoms with Crippen LogP contribution in [0.1, 0.15) is 43.0 Å². The van der Waals surface area contributed by atoms with Gasteiger partial charge in [-0.15, -0.1) is 10.2 Å². The first-order valence-electron chi connectivity index (χ1n) is 6.43. The molecule has 18 heavy (non-hydrogen) atoms. The van der Waals surface area contributed by atoms with Gasteiger partial charge in [-0.3, -0.25) is 10.1 Å². The van der Waals surface area contributed by atoms with Crippen LogP contribution in [0.25, 0.3) is 0 Å². The van der Waals surface area contributed by atoms with Crippen molar-refractivity contribution in [2.24, 2.45) is 0 Å². The molecule has 1 amide bonds. The van der Waals surface area contributed by atoms with Crippen molar-refractivity contribution in [1.29, 1.82) is 0 Å². The summed E-state index contributed by atoms with van der Waals surface area (Å²) in [6, 6.07) is 0. The second-order valence-corrected chi connectivity index (χ2v) is 6.08. The van der Waals surface area contributed by atoms with Crippen molar-refractivity contribution in [2.75, 3.05) is 26.0 Å². The van der Waals surface area contributed by atoms with Gasteiger partial charge in [0.05, 0.1) is 6.54 Å². The zero-order chi connectivity index (χ0) is 13.0. The van der Waals surface area contributed by atoms with Crippen molar-refractivity contribution >= 4 is 22.4 Å². The smallest absolute Gasteiger partial charge is 0.240 e. The van der Waals surface area contributed by atoms with E-state index in [0.717, 1.165) is 5.01 Å². The summed E-state index contributed by atoms with van der Waals surface area (Å²) in [5.41, 5.74) is 0. The molecule has 0 aliphatic heterocycles. The van der Waals surface area contributed by atoms with Gasteiger partial charge >= 0.3 is 0 Å². The third-order valence-corrected chi connectivity index (χ3v) is 4.10. The fraction of sp³-hybridized carbons (Fsp3) is 0.750. The van der Waals surface area contributed by atoms with Crippen molar-refractivity contribution in [2.45, 2.75) is 38.0 Å². The molecule has 1 saturated carbocycles. The molecule has 0 aromatic carbocycles. The van der Waals surface area contributed by atoms with Crippen LogP contribution in [0.5, 0.6) is 0 Å². The van der Waals surface area contributed by atoms with Crippen molar-refractivity contribution in [3.8, 4) is 0 Å². The summed E-state index contributed by atoms with van der Waals surface area (Å²) in [7, 11) is 3.74. The van der Waals surface area contributed by atoms with E-state index < -0.39 is 0 Å². The van der Waals surface area contributed by atoms with E-state index in [1.807, 2.05) is 19.0 Å². The van der Waals surface area contributed by atoms with Crippen LogP contribution in [0.15, 0.2) is 0 Å². The van der Waals surface area contributed by atoms with Crippen LogP contribution in [-0.2, 0) is 4.79 Å². The summed E-state index contributed by atoms with van der Waals surface area (Å²) in [5, 5.41) is 12.8. The molecule has 0 saturated heterocycles. The third-order valence-electron chi connectivity index (χ3n) is 3.10. The normalized spacial score (nSPS) is 17.1. The van der Waals surface area contributed by atoms with Gasteiger partial charge in [-0.25, -0.2) is 0 Å². The van der Waals surface area contributed by atoms with E-state index in [9.17, 15) is 4.79 Å². The summed E-state index contributed by atoms with van der Waals surface area (Å²) in [6.45, 7) is 0.373. The van der Waals surface area contributed by atoms with Crippen LogP contribution >= 0.6 is 11.3 Å². The van der Waals surface area contributed by atoms with Gasteiger partial charge in [0.25, 0.3) is 0 Å². The lowest BCUT2D eigenvalue weighted by Gasteiger charge is -2.18. The Bertz CT molecular complexity index is 399. The predicted molar refractivity (Wildman–Crippen MR) is 72.9 cm³/mol. The van der Waals surface area contributed by atoms with Gasteiger partial charge in [-0.1, -0.05) is 30.6 Å². The fourth-order valence-corrected chi connectivity index (χ4v) is 3.17. The Morgan fingerprint density at radius 2 is 2.06 bits per heavy atom. The second kappa shape index (κ2) is 6.24. The fourth-order valence-electron chi connectivity index (χ4n) is 2.25. The standard InChI is InChI=1S/C12H20N4OS/c1-16(2)8-10(17)13-12-15-14-11(18-12)9-6-4-3-5-7-9/h9H,3-8H2,1-2H3,(H,13,15,17). The number of rotatable bonds is 4. The minimum Gasteiger partial charge on any atom is -0.301 e. The second-order valence-electron chi connectivity index (χ2n) is 5.07. The molecular weight excluding hydrogens is 248 g/mol. The molecule has 1 aliphatic carbocycles. The zero-order valence-electron chi connectivity index (χ0n) is 11.0. The van der Waals surface area contributed by atoms with Gasteiger partial charge in [-0.2, -0.15) is 0 Å². The summed E-state index contributed by atoms with van der Waals surface area (Å²) in [6.07, 6.45) is 6.32. The van der Waals surface area contributed by atoms with E-state index in [-0.39, 0.29) is 5.91 Å². The number of nitrogens with zero attached hydrogens (tertiary/aromatic N) is 3. The monoisotopic (exact) mass is 268 g/mol. The van der Waals surface area contributed by atoms with E-state index in [1.165, 1.54) is 43.4 Å². The maximum absolute atomic E-state index is 11.6. The van der Waals surface area contributed by atoms with Crippen LogP contribution in [0, 0.1) is 0 Å². The number of amides is 1. The predicted octanol–water partition coefficient (Wildman–Crippen LogP) is 2.09. The van der Waals surface area contributed by atoms with E-state index in [4.69, 9.17) is 0 Å². The first kappa shape index (κ1) is 13.4. The molecule has 1 fully saturated rings. The minimum atomic E-state index is -0.0358. The molecule has 0 unspecified atom stereocenters. The van der Waals surface area contributed by atoms with Gasteiger partial charge in [0.1, 0.15) is 5.01 Å². The van der Waals surface area contributed by atoms with Crippen molar-refractivity contribution in [3.05, 3.63) is 5.01 Å². The summed E-state index contributed by atoms with van der Waals surface area (Å²) < 4.78 is 0.